The molecule has 1 fully saturated rings. The summed E-state index contributed by atoms with van der Waals surface area (Å²) in [6.07, 6.45) is 3.82. The lowest BCUT2D eigenvalue weighted by Gasteiger charge is -2.26. The highest BCUT2D eigenvalue weighted by molar-refractivity contribution is 5.85. The molecule has 0 heterocycles. The fraction of sp³-hybridized carbons (Fsp3) is 0.625. The topological polar surface area (TPSA) is 73.9 Å². The Hall–Kier alpha value is -1.17. The van der Waals surface area contributed by atoms with E-state index in [4.69, 9.17) is 19.9 Å². The van der Waals surface area contributed by atoms with Crippen LogP contribution in [0.2, 0.25) is 0 Å². The molecule has 0 unspecified atom stereocenters. The first kappa shape index (κ1) is 18.9. The van der Waals surface area contributed by atoms with Gasteiger partial charge in [0.15, 0.2) is 11.5 Å². The summed E-state index contributed by atoms with van der Waals surface area (Å²) in [5.41, 5.74) is 7.03. The standard InChI is InChI=1S/C16H25NO4.ClH/c1-19-12-9-14(21-3)13(20-2)8-11(12)15(17)16(18)10-6-4-5-7-10;/h8-10,15-16,18H,4-7,17H2,1-3H3;1H/t15-,16+;/m1./s1. The normalized spacial score (nSPS) is 17.5. The number of hydrogen-bond donors (Lipinski definition) is 2. The van der Waals surface area contributed by atoms with Crippen molar-refractivity contribution in [2.24, 2.45) is 11.7 Å². The van der Waals surface area contributed by atoms with Gasteiger partial charge in [-0.3, -0.25) is 0 Å². The molecule has 0 aliphatic heterocycles. The van der Waals surface area contributed by atoms with Gasteiger partial charge in [-0.05, 0) is 24.8 Å². The van der Waals surface area contributed by atoms with Gasteiger partial charge in [-0.25, -0.2) is 0 Å². The van der Waals surface area contributed by atoms with E-state index in [1.165, 1.54) is 0 Å². The SMILES string of the molecule is COc1cc(OC)c([C@@H](N)[C@@H](O)C2CCCC2)cc1OC.Cl. The third kappa shape index (κ3) is 3.77. The number of methoxy groups -OCH3 is 3. The number of nitrogens with two attached hydrogens (primary N) is 1. The molecular formula is C16H26ClNO4. The van der Waals surface area contributed by atoms with E-state index in [-0.39, 0.29) is 18.3 Å². The van der Waals surface area contributed by atoms with E-state index in [1.807, 2.05) is 0 Å². The highest BCUT2D eigenvalue weighted by atomic mass is 35.5. The molecule has 2 atom stereocenters. The third-order valence-corrected chi connectivity index (χ3v) is 4.35. The van der Waals surface area contributed by atoms with Crippen LogP contribution in [0.4, 0.5) is 0 Å². The molecule has 0 amide bonds. The Morgan fingerprint density at radius 1 is 1.00 bits per heavy atom. The molecule has 0 spiro atoms. The van der Waals surface area contributed by atoms with Crippen molar-refractivity contribution in [2.45, 2.75) is 37.8 Å². The largest absolute Gasteiger partial charge is 0.496 e. The zero-order valence-electron chi connectivity index (χ0n) is 13.4. The van der Waals surface area contributed by atoms with Gasteiger partial charge in [0.25, 0.3) is 0 Å². The van der Waals surface area contributed by atoms with Crippen LogP contribution in [0, 0.1) is 5.92 Å². The fourth-order valence-corrected chi connectivity index (χ4v) is 3.09. The molecule has 0 saturated heterocycles. The van der Waals surface area contributed by atoms with Crippen molar-refractivity contribution in [1.29, 1.82) is 0 Å². The number of hydrogen-bond acceptors (Lipinski definition) is 5. The minimum Gasteiger partial charge on any atom is -0.496 e. The lowest BCUT2D eigenvalue weighted by atomic mass is 9.90. The minimum absolute atomic E-state index is 0. The Kier molecular flexibility index (Phi) is 7.26. The van der Waals surface area contributed by atoms with Gasteiger partial charge in [0.05, 0.1) is 33.5 Å². The van der Waals surface area contributed by atoms with Crippen LogP contribution in [-0.4, -0.2) is 32.5 Å². The monoisotopic (exact) mass is 331 g/mol. The van der Waals surface area contributed by atoms with Crippen molar-refractivity contribution in [3.05, 3.63) is 17.7 Å². The maximum atomic E-state index is 10.5. The molecular weight excluding hydrogens is 306 g/mol. The highest BCUT2D eigenvalue weighted by Crippen LogP contribution is 2.40. The second-order valence-corrected chi connectivity index (χ2v) is 5.51. The highest BCUT2D eigenvalue weighted by Gasteiger charge is 2.31. The summed E-state index contributed by atoms with van der Waals surface area (Å²) in [5, 5.41) is 10.5. The molecule has 2 rings (SSSR count). The van der Waals surface area contributed by atoms with Crippen LogP contribution in [0.3, 0.4) is 0 Å². The van der Waals surface area contributed by atoms with Crippen LogP contribution in [0.15, 0.2) is 12.1 Å². The van der Waals surface area contributed by atoms with Gasteiger partial charge in [-0.15, -0.1) is 12.4 Å². The van der Waals surface area contributed by atoms with Gasteiger partial charge < -0.3 is 25.1 Å². The fourth-order valence-electron chi connectivity index (χ4n) is 3.09. The smallest absolute Gasteiger partial charge is 0.164 e. The van der Waals surface area contributed by atoms with E-state index in [1.54, 1.807) is 33.5 Å². The summed E-state index contributed by atoms with van der Waals surface area (Å²) in [4.78, 5) is 0. The number of ether oxygens (including phenoxy) is 3. The van der Waals surface area contributed by atoms with E-state index < -0.39 is 12.1 Å². The average molecular weight is 332 g/mol. The molecule has 5 nitrogen and oxygen atoms in total. The molecule has 0 radical (unpaired) electrons. The maximum absolute atomic E-state index is 10.5. The summed E-state index contributed by atoms with van der Waals surface area (Å²) >= 11 is 0. The molecule has 0 bridgehead atoms. The molecule has 126 valence electrons. The van der Waals surface area contributed by atoms with Gasteiger partial charge in [-0.2, -0.15) is 0 Å². The van der Waals surface area contributed by atoms with Crippen LogP contribution in [-0.2, 0) is 0 Å². The average Bonchev–Trinajstić information content (AvgIpc) is 3.06. The predicted octanol–water partition coefficient (Wildman–Crippen LogP) is 2.69. The molecule has 0 aromatic heterocycles. The van der Waals surface area contributed by atoms with Crippen molar-refractivity contribution in [3.63, 3.8) is 0 Å². The van der Waals surface area contributed by atoms with Gasteiger partial charge in [0.2, 0.25) is 0 Å². The van der Waals surface area contributed by atoms with Gasteiger partial charge in [0, 0.05) is 11.6 Å². The lowest BCUT2D eigenvalue weighted by molar-refractivity contribution is 0.0835. The van der Waals surface area contributed by atoms with Crippen LogP contribution < -0.4 is 19.9 Å². The molecule has 22 heavy (non-hydrogen) atoms. The molecule has 1 aromatic rings. The van der Waals surface area contributed by atoms with Crippen LogP contribution in [0.25, 0.3) is 0 Å². The molecule has 3 N–H and O–H groups in total. The Bertz CT molecular complexity index is 477. The zero-order valence-corrected chi connectivity index (χ0v) is 14.2. The first-order chi connectivity index (χ1) is 10.1. The van der Waals surface area contributed by atoms with Gasteiger partial charge in [-0.1, -0.05) is 12.8 Å². The third-order valence-electron chi connectivity index (χ3n) is 4.35. The second kappa shape index (κ2) is 8.46. The molecule has 1 aliphatic rings. The van der Waals surface area contributed by atoms with Crippen molar-refractivity contribution >= 4 is 12.4 Å². The maximum Gasteiger partial charge on any atom is 0.164 e. The number of aliphatic hydroxyl groups is 1. The number of halogens is 1. The first-order valence-electron chi connectivity index (χ1n) is 7.36. The van der Waals surface area contributed by atoms with Crippen molar-refractivity contribution in [3.8, 4) is 17.2 Å². The van der Waals surface area contributed by atoms with E-state index in [0.29, 0.717) is 17.2 Å². The Balaban J connectivity index is 0.00000242. The van der Waals surface area contributed by atoms with Crippen molar-refractivity contribution in [2.75, 3.05) is 21.3 Å². The Morgan fingerprint density at radius 2 is 1.50 bits per heavy atom. The summed E-state index contributed by atoms with van der Waals surface area (Å²) in [6, 6.07) is 3.04. The molecule has 1 aromatic carbocycles. The van der Waals surface area contributed by atoms with Crippen LogP contribution >= 0.6 is 12.4 Å². The summed E-state index contributed by atoms with van der Waals surface area (Å²) in [5.74, 6) is 2.04. The lowest BCUT2D eigenvalue weighted by Crippen LogP contribution is -2.32. The number of rotatable bonds is 6. The minimum atomic E-state index is -0.570. The van der Waals surface area contributed by atoms with Crippen LogP contribution in [0.5, 0.6) is 17.2 Å². The first-order valence-corrected chi connectivity index (χ1v) is 7.36. The zero-order chi connectivity index (χ0) is 15.4. The van der Waals surface area contributed by atoms with Crippen molar-refractivity contribution in [1.82, 2.24) is 0 Å². The molecule has 6 heteroatoms. The van der Waals surface area contributed by atoms with E-state index in [9.17, 15) is 5.11 Å². The number of aliphatic hydroxyl groups excluding tert-OH is 1. The van der Waals surface area contributed by atoms with Gasteiger partial charge >= 0.3 is 0 Å². The Morgan fingerprint density at radius 3 is 2.00 bits per heavy atom. The van der Waals surface area contributed by atoms with E-state index in [0.717, 1.165) is 31.2 Å². The second-order valence-electron chi connectivity index (χ2n) is 5.51. The molecule has 1 saturated carbocycles. The quantitative estimate of drug-likeness (QED) is 0.838. The van der Waals surface area contributed by atoms with E-state index >= 15 is 0 Å². The van der Waals surface area contributed by atoms with Crippen LogP contribution in [0.1, 0.15) is 37.3 Å². The Labute approximate surface area is 138 Å². The summed E-state index contributed by atoms with van der Waals surface area (Å²) in [6.45, 7) is 0. The van der Waals surface area contributed by atoms with Crippen molar-refractivity contribution < 1.29 is 19.3 Å². The van der Waals surface area contributed by atoms with E-state index in [2.05, 4.69) is 0 Å². The summed E-state index contributed by atoms with van der Waals surface area (Å²) in [7, 11) is 4.73. The predicted molar refractivity (Wildman–Crippen MR) is 88.2 cm³/mol. The summed E-state index contributed by atoms with van der Waals surface area (Å²) < 4.78 is 16.0. The molecule has 1 aliphatic carbocycles. The number of benzene rings is 1. The van der Waals surface area contributed by atoms with Gasteiger partial charge in [0.1, 0.15) is 5.75 Å².